The number of ether oxygens (including phenoxy) is 1. The molecule has 0 N–H and O–H groups in total. The van der Waals surface area contributed by atoms with Crippen molar-refractivity contribution in [1.82, 2.24) is 19.9 Å². The van der Waals surface area contributed by atoms with Crippen molar-refractivity contribution in [3.05, 3.63) is 65.9 Å². The van der Waals surface area contributed by atoms with Crippen LogP contribution < -0.4 is 0 Å². The molecule has 3 aromatic rings. The van der Waals surface area contributed by atoms with E-state index in [9.17, 15) is 0 Å². The molecular formula is C21H24N4O. The monoisotopic (exact) mass is 348 g/mol. The molecule has 1 atom stereocenters. The van der Waals surface area contributed by atoms with Gasteiger partial charge in [-0.1, -0.05) is 24.3 Å². The standard InChI is InChI=1S/C21H24N4O/c1-26-15-20-22-11-9-19(24-20)17-8-4-12-25(13-17)14-18-6-2-5-16-7-3-10-23-21(16)18/h2-3,5-7,9-11,17H,4,8,12-15H2,1H3/t17-/m0/s1. The van der Waals surface area contributed by atoms with E-state index in [-0.39, 0.29) is 0 Å². The lowest BCUT2D eigenvalue weighted by molar-refractivity contribution is 0.176. The minimum absolute atomic E-state index is 0.449. The van der Waals surface area contributed by atoms with E-state index in [2.05, 4.69) is 39.1 Å². The Balaban J connectivity index is 1.51. The van der Waals surface area contributed by atoms with Crippen LogP contribution in [-0.2, 0) is 17.9 Å². The maximum absolute atomic E-state index is 5.17. The Morgan fingerprint density at radius 1 is 1.12 bits per heavy atom. The van der Waals surface area contributed by atoms with Crippen LogP contribution in [0.25, 0.3) is 10.9 Å². The SMILES string of the molecule is COCc1nccc([C@H]2CCCN(Cc3cccc4cccnc34)C2)n1. The molecule has 26 heavy (non-hydrogen) atoms. The fourth-order valence-electron chi connectivity index (χ4n) is 3.82. The highest BCUT2D eigenvalue weighted by atomic mass is 16.5. The van der Waals surface area contributed by atoms with Gasteiger partial charge in [0.2, 0.25) is 0 Å². The van der Waals surface area contributed by atoms with Gasteiger partial charge < -0.3 is 4.74 Å². The van der Waals surface area contributed by atoms with Crippen molar-refractivity contribution in [2.45, 2.75) is 31.9 Å². The van der Waals surface area contributed by atoms with Crippen LogP contribution in [-0.4, -0.2) is 40.1 Å². The van der Waals surface area contributed by atoms with Crippen LogP contribution in [0.5, 0.6) is 0 Å². The Morgan fingerprint density at radius 3 is 2.96 bits per heavy atom. The third-order valence-corrected chi connectivity index (χ3v) is 5.03. The molecule has 0 bridgehead atoms. The fourth-order valence-corrected chi connectivity index (χ4v) is 3.82. The largest absolute Gasteiger partial charge is 0.377 e. The normalized spacial score (nSPS) is 18.3. The van der Waals surface area contributed by atoms with E-state index >= 15 is 0 Å². The molecule has 3 heterocycles. The number of piperidine rings is 1. The van der Waals surface area contributed by atoms with E-state index in [4.69, 9.17) is 9.72 Å². The lowest BCUT2D eigenvalue weighted by Crippen LogP contribution is -2.34. The number of fused-ring (bicyclic) bond motifs is 1. The Kier molecular flexibility index (Phi) is 5.18. The second kappa shape index (κ2) is 7.89. The first-order valence-corrected chi connectivity index (χ1v) is 9.19. The predicted molar refractivity (Wildman–Crippen MR) is 102 cm³/mol. The molecule has 5 nitrogen and oxygen atoms in total. The molecule has 0 saturated carbocycles. The number of para-hydroxylation sites is 1. The zero-order valence-corrected chi connectivity index (χ0v) is 15.1. The summed E-state index contributed by atoms with van der Waals surface area (Å²) in [5, 5.41) is 1.21. The number of hydrogen-bond donors (Lipinski definition) is 0. The van der Waals surface area contributed by atoms with Crippen LogP contribution in [0.4, 0.5) is 0 Å². The van der Waals surface area contributed by atoms with Crippen LogP contribution in [0.15, 0.2) is 48.8 Å². The third kappa shape index (κ3) is 3.74. The average molecular weight is 348 g/mol. The van der Waals surface area contributed by atoms with Gasteiger partial charge >= 0.3 is 0 Å². The van der Waals surface area contributed by atoms with Gasteiger partial charge in [0.15, 0.2) is 5.82 Å². The van der Waals surface area contributed by atoms with E-state index in [1.54, 1.807) is 7.11 Å². The van der Waals surface area contributed by atoms with Crippen molar-refractivity contribution in [3.8, 4) is 0 Å². The second-order valence-electron chi connectivity index (χ2n) is 6.90. The topological polar surface area (TPSA) is 51.1 Å². The summed E-state index contributed by atoms with van der Waals surface area (Å²) in [6.45, 7) is 3.54. The Bertz CT molecular complexity index is 877. The molecule has 1 aliphatic heterocycles. The third-order valence-electron chi connectivity index (χ3n) is 5.03. The van der Waals surface area contributed by atoms with Gasteiger partial charge in [-0.15, -0.1) is 0 Å². The van der Waals surface area contributed by atoms with Crippen molar-refractivity contribution < 1.29 is 4.74 Å². The first kappa shape index (κ1) is 17.1. The van der Waals surface area contributed by atoms with Gasteiger partial charge in [0.05, 0.1) is 5.52 Å². The minimum atomic E-state index is 0.449. The van der Waals surface area contributed by atoms with Gasteiger partial charge in [-0.2, -0.15) is 0 Å². The molecule has 1 aromatic carbocycles. The lowest BCUT2D eigenvalue weighted by Gasteiger charge is -2.32. The fraction of sp³-hybridized carbons (Fsp3) is 0.381. The molecule has 2 aromatic heterocycles. The maximum Gasteiger partial charge on any atom is 0.154 e. The van der Waals surface area contributed by atoms with E-state index in [0.717, 1.165) is 36.7 Å². The predicted octanol–water partition coefficient (Wildman–Crippen LogP) is 3.55. The highest BCUT2D eigenvalue weighted by Crippen LogP contribution is 2.27. The molecule has 4 rings (SSSR count). The summed E-state index contributed by atoms with van der Waals surface area (Å²) >= 11 is 0. The summed E-state index contributed by atoms with van der Waals surface area (Å²) < 4.78 is 5.17. The van der Waals surface area contributed by atoms with Crippen molar-refractivity contribution in [3.63, 3.8) is 0 Å². The molecule has 0 aliphatic carbocycles. The Morgan fingerprint density at radius 2 is 2.04 bits per heavy atom. The molecular weight excluding hydrogens is 324 g/mol. The molecule has 1 saturated heterocycles. The van der Waals surface area contributed by atoms with E-state index in [1.165, 1.54) is 23.8 Å². The zero-order chi connectivity index (χ0) is 17.8. The van der Waals surface area contributed by atoms with Crippen LogP contribution in [0.3, 0.4) is 0 Å². The van der Waals surface area contributed by atoms with Gasteiger partial charge in [-0.3, -0.25) is 9.88 Å². The van der Waals surface area contributed by atoms with Crippen molar-refractivity contribution in [2.24, 2.45) is 0 Å². The molecule has 0 spiro atoms. The summed E-state index contributed by atoms with van der Waals surface area (Å²) in [6.07, 6.45) is 6.09. The van der Waals surface area contributed by atoms with Gasteiger partial charge in [0.25, 0.3) is 0 Å². The molecule has 0 unspecified atom stereocenters. The number of methoxy groups -OCH3 is 1. The lowest BCUT2D eigenvalue weighted by atomic mass is 9.94. The minimum Gasteiger partial charge on any atom is -0.377 e. The first-order chi connectivity index (χ1) is 12.8. The summed E-state index contributed by atoms with van der Waals surface area (Å²) in [5.74, 6) is 1.21. The molecule has 5 heteroatoms. The van der Waals surface area contributed by atoms with E-state index in [1.807, 2.05) is 24.5 Å². The molecule has 1 aliphatic rings. The summed E-state index contributed by atoms with van der Waals surface area (Å²) in [6, 6.07) is 12.6. The number of hydrogen-bond acceptors (Lipinski definition) is 5. The number of pyridine rings is 1. The molecule has 134 valence electrons. The highest BCUT2D eigenvalue weighted by molar-refractivity contribution is 5.81. The summed E-state index contributed by atoms with van der Waals surface area (Å²) in [4.78, 5) is 16.1. The smallest absolute Gasteiger partial charge is 0.154 e. The van der Waals surface area contributed by atoms with Gasteiger partial charge in [0, 0.05) is 49.6 Å². The van der Waals surface area contributed by atoms with Crippen molar-refractivity contribution >= 4 is 10.9 Å². The van der Waals surface area contributed by atoms with Crippen molar-refractivity contribution in [1.29, 1.82) is 0 Å². The van der Waals surface area contributed by atoms with E-state index < -0.39 is 0 Å². The quantitative estimate of drug-likeness (QED) is 0.706. The maximum atomic E-state index is 5.17. The zero-order valence-electron chi connectivity index (χ0n) is 15.1. The number of aromatic nitrogens is 3. The summed E-state index contributed by atoms with van der Waals surface area (Å²) in [7, 11) is 1.68. The molecule has 0 radical (unpaired) electrons. The molecule has 1 fully saturated rings. The van der Waals surface area contributed by atoms with Crippen molar-refractivity contribution in [2.75, 3.05) is 20.2 Å². The first-order valence-electron chi connectivity index (χ1n) is 9.19. The summed E-state index contributed by atoms with van der Waals surface area (Å²) in [5.41, 5.74) is 3.54. The highest BCUT2D eigenvalue weighted by Gasteiger charge is 2.23. The van der Waals surface area contributed by atoms with Gasteiger partial charge in [-0.05, 0) is 37.1 Å². The van der Waals surface area contributed by atoms with Crippen LogP contribution in [0.2, 0.25) is 0 Å². The van der Waals surface area contributed by atoms with Gasteiger partial charge in [-0.25, -0.2) is 9.97 Å². The molecule has 0 amide bonds. The number of benzene rings is 1. The van der Waals surface area contributed by atoms with E-state index in [0.29, 0.717) is 12.5 Å². The average Bonchev–Trinajstić information content (AvgIpc) is 2.69. The van der Waals surface area contributed by atoms with Crippen LogP contribution in [0, 0.1) is 0 Å². The number of rotatable bonds is 5. The van der Waals surface area contributed by atoms with Gasteiger partial charge in [0.1, 0.15) is 6.61 Å². The number of likely N-dealkylation sites (tertiary alicyclic amines) is 1. The van der Waals surface area contributed by atoms with Crippen LogP contribution >= 0.6 is 0 Å². The Labute approximate surface area is 154 Å². The Hall–Kier alpha value is -2.37. The second-order valence-corrected chi connectivity index (χ2v) is 6.90. The number of nitrogens with zero attached hydrogens (tertiary/aromatic N) is 4. The van der Waals surface area contributed by atoms with Crippen LogP contribution in [0.1, 0.15) is 35.8 Å².